The molecule has 3 aromatic heterocycles. The Bertz CT molecular complexity index is 492. The summed E-state index contributed by atoms with van der Waals surface area (Å²) in [5.41, 5.74) is 1.86. The van der Waals surface area contributed by atoms with Crippen LogP contribution in [0.2, 0.25) is 0 Å². The number of H-pyrrole nitrogens is 1. The fraction of sp³-hybridized carbons (Fsp3) is 0. The van der Waals surface area contributed by atoms with Crippen molar-refractivity contribution in [2.24, 2.45) is 0 Å². The quantitative estimate of drug-likeness (QED) is 0.715. The lowest BCUT2D eigenvalue weighted by Gasteiger charge is -1.87. The smallest absolute Gasteiger partial charge is 0.184 e. The molecule has 3 aromatic rings. The summed E-state index contributed by atoms with van der Waals surface area (Å²) in [6, 6.07) is 1.87. The van der Waals surface area contributed by atoms with Crippen molar-refractivity contribution in [3.63, 3.8) is 0 Å². The molecule has 0 saturated heterocycles. The first-order valence-electron chi connectivity index (χ1n) is 4.27. The van der Waals surface area contributed by atoms with Crippen LogP contribution in [0.4, 0.5) is 0 Å². The minimum Gasteiger partial charge on any atom is -0.472 e. The number of hydrogen-bond acceptors (Lipinski definition) is 5. The highest BCUT2D eigenvalue weighted by Gasteiger charge is 2.08. The second kappa shape index (κ2) is 3.32. The van der Waals surface area contributed by atoms with E-state index in [9.17, 15) is 0 Å². The fourth-order valence-corrected chi connectivity index (χ4v) is 2.01. The molecule has 0 unspecified atom stereocenters. The molecule has 3 heterocycles. The van der Waals surface area contributed by atoms with E-state index in [0.717, 1.165) is 16.3 Å². The molecule has 0 spiro atoms. The summed E-state index contributed by atoms with van der Waals surface area (Å²) in [7, 11) is 0. The zero-order valence-electron chi connectivity index (χ0n) is 7.54. The average molecular weight is 218 g/mol. The van der Waals surface area contributed by atoms with Gasteiger partial charge in [-0.2, -0.15) is 5.10 Å². The van der Waals surface area contributed by atoms with Crippen LogP contribution in [0.1, 0.15) is 0 Å². The van der Waals surface area contributed by atoms with Crippen molar-refractivity contribution < 1.29 is 4.42 Å². The molecule has 74 valence electrons. The minimum atomic E-state index is 0.690. The van der Waals surface area contributed by atoms with Crippen LogP contribution < -0.4 is 0 Å². The molecule has 0 fully saturated rings. The number of furan rings is 1. The Morgan fingerprint density at radius 1 is 1.40 bits per heavy atom. The Hall–Kier alpha value is -1.95. The molecule has 0 amide bonds. The predicted octanol–water partition coefficient (Wildman–Crippen LogP) is 2.19. The molecule has 5 nitrogen and oxygen atoms in total. The molecule has 0 aliphatic rings. The van der Waals surface area contributed by atoms with E-state index in [1.54, 1.807) is 12.5 Å². The Morgan fingerprint density at radius 3 is 3.13 bits per heavy atom. The number of nitrogens with zero attached hydrogens (tertiary/aromatic N) is 3. The van der Waals surface area contributed by atoms with E-state index in [1.165, 1.54) is 17.7 Å². The third-order valence-corrected chi connectivity index (χ3v) is 2.79. The lowest BCUT2D eigenvalue weighted by molar-refractivity contribution is 0.568. The van der Waals surface area contributed by atoms with Gasteiger partial charge in [0, 0.05) is 10.9 Å². The van der Waals surface area contributed by atoms with Crippen molar-refractivity contribution in [1.82, 2.24) is 20.2 Å². The Morgan fingerprint density at radius 2 is 2.40 bits per heavy atom. The van der Waals surface area contributed by atoms with Crippen LogP contribution in [0.25, 0.3) is 22.1 Å². The second-order valence-corrected chi connectivity index (χ2v) is 3.74. The molecule has 0 atom stereocenters. The Labute approximate surface area is 88.8 Å². The first-order valence-corrected chi connectivity index (χ1v) is 5.15. The third-order valence-electron chi connectivity index (χ3n) is 1.94. The SMILES string of the molecule is c1n[nH]c(-c2nc(-c3ccoc3)cs2)n1. The first-order chi connectivity index (χ1) is 7.43. The molecule has 0 aromatic carbocycles. The van der Waals surface area contributed by atoms with Crippen LogP contribution in [-0.4, -0.2) is 20.2 Å². The van der Waals surface area contributed by atoms with Crippen LogP contribution >= 0.6 is 11.3 Å². The average Bonchev–Trinajstić information content (AvgIpc) is 3.02. The lowest BCUT2D eigenvalue weighted by Crippen LogP contribution is -1.79. The summed E-state index contributed by atoms with van der Waals surface area (Å²) in [6.07, 6.45) is 4.76. The van der Waals surface area contributed by atoms with Crippen molar-refractivity contribution >= 4 is 11.3 Å². The van der Waals surface area contributed by atoms with Crippen LogP contribution in [0.15, 0.2) is 34.7 Å². The van der Waals surface area contributed by atoms with E-state index in [-0.39, 0.29) is 0 Å². The maximum absolute atomic E-state index is 5.00. The number of aromatic amines is 1. The Balaban J connectivity index is 2.02. The molecule has 0 aliphatic carbocycles. The van der Waals surface area contributed by atoms with Gasteiger partial charge in [-0.1, -0.05) is 0 Å². The van der Waals surface area contributed by atoms with E-state index in [0.29, 0.717) is 5.82 Å². The van der Waals surface area contributed by atoms with Crippen LogP contribution in [0.5, 0.6) is 0 Å². The summed E-state index contributed by atoms with van der Waals surface area (Å²) in [5, 5.41) is 9.34. The van der Waals surface area contributed by atoms with Crippen molar-refractivity contribution in [2.45, 2.75) is 0 Å². The second-order valence-electron chi connectivity index (χ2n) is 2.88. The predicted molar refractivity (Wildman–Crippen MR) is 55.2 cm³/mol. The van der Waals surface area contributed by atoms with Gasteiger partial charge in [-0.3, -0.25) is 5.10 Å². The van der Waals surface area contributed by atoms with Gasteiger partial charge < -0.3 is 4.42 Å². The third kappa shape index (κ3) is 1.44. The number of thiazole rings is 1. The van der Waals surface area contributed by atoms with Gasteiger partial charge >= 0.3 is 0 Å². The van der Waals surface area contributed by atoms with Gasteiger partial charge in [0.15, 0.2) is 10.8 Å². The van der Waals surface area contributed by atoms with Crippen LogP contribution in [0.3, 0.4) is 0 Å². The van der Waals surface area contributed by atoms with Gasteiger partial charge in [-0.05, 0) is 6.07 Å². The molecule has 0 radical (unpaired) electrons. The highest BCUT2D eigenvalue weighted by molar-refractivity contribution is 7.13. The first kappa shape index (κ1) is 8.37. The summed E-state index contributed by atoms with van der Waals surface area (Å²) in [4.78, 5) is 8.46. The van der Waals surface area contributed by atoms with E-state index in [4.69, 9.17) is 4.42 Å². The molecule has 0 bridgehead atoms. The van der Waals surface area contributed by atoms with E-state index in [1.807, 2.05) is 11.4 Å². The molecule has 15 heavy (non-hydrogen) atoms. The monoisotopic (exact) mass is 218 g/mol. The number of nitrogens with one attached hydrogen (secondary N) is 1. The van der Waals surface area contributed by atoms with E-state index < -0.39 is 0 Å². The topological polar surface area (TPSA) is 67.6 Å². The molecule has 6 heteroatoms. The molecule has 1 N–H and O–H groups in total. The van der Waals surface area contributed by atoms with Crippen molar-refractivity contribution in [3.8, 4) is 22.1 Å². The maximum Gasteiger partial charge on any atom is 0.184 e. The summed E-state index contributed by atoms with van der Waals surface area (Å²) in [5.74, 6) is 0.690. The fourth-order valence-electron chi connectivity index (χ4n) is 1.23. The molecular weight excluding hydrogens is 212 g/mol. The highest BCUT2D eigenvalue weighted by atomic mass is 32.1. The van der Waals surface area contributed by atoms with E-state index in [2.05, 4.69) is 20.2 Å². The number of hydrogen-bond donors (Lipinski definition) is 1. The molecular formula is C9H6N4OS. The van der Waals surface area contributed by atoms with Gasteiger partial charge in [0.1, 0.15) is 6.33 Å². The van der Waals surface area contributed by atoms with Gasteiger partial charge in [0.25, 0.3) is 0 Å². The van der Waals surface area contributed by atoms with Crippen molar-refractivity contribution in [1.29, 1.82) is 0 Å². The standard InChI is InChI=1S/C9H6N4OS/c1-2-14-3-6(1)7-4-15-9(12-7)8-10-5-11-13-8/h1-5H,(H,10,11,13). The normalized spacial score (nSPS) is 10.7. The summed E-state index contributed by atoms with van der Waals surface area (Å²) >= 11 is 1.52. The largest absolute Gasteiger partial charge is 0.472 e. The van der Waals surface area contributed by atoms with E-state index >= 15 is 0 Å². The summed E-state index contributed by atoms with van der Waals surface area (Å²) in [6.45, 7) is 0. The van der Waals surface area contributed by atoms with Gasteiger partial charge in [-0.15, -0.1) is 11.3 Å². The van der Waals surface area contributed by atoms with Crippen molar-refractivity contribution in [3.05, 3.63) is 30.3 Å². The minimum absolute atomic E-state index is 0.690. The molecule has 0 aliphatic heterocycles. The zero-order chi connectivity index (χ0) is 10.1. The zero-order valence-corrected chi connectivity index (χ0v) is 8.36. The maximum atomic E-state index is 5.00. The summed E-state index contributed by atoms with van der Waals surface area (Å²) < 4.78 is 5.00. The van der Waals surface area contributed by atoms with Gasteiger partial charge in [-0.25, -0.2) is 9.97 Å². The number of rotatable bonds is 2. The number of aromatic nitrogens is 4. The van der Waals surface area contributed by atoms with Gasteiger partial charge in [0.05, 0.1) is 18.2 Å². The molecule has 3 rings (SSSR count). The highest BCUT2D eigenvalue weighted by Crippen LogP contribution is 2.26. The van der Waals surface area contributed by atoms with Gasteiger partial charge in [0.2, 0.25) is 0 Å². The lowest BCUT2D eigenvalue weighted by atomic mass is 10.3. The van der Waals surface area contributed by atoms with Crippen LogP contribution in [0, 0.1) is 0 Å². The molecule has 0 saturated carbocycles. The van der Waals surface area contributed by atoms with Crippen molar-refractivity contribution in [2.75, 3.05) is 0 Å². The Kier molecular flexibility index (Phi) is 1.85. The van der Waals surface area contributed by atoms with Crippen LogP contribution in [-0.2, 0) is 0 Å².